The number of nitrogens with zero attached hydrogens (tertiary/aromatic N) is 2. The summed E-state index contributed by atoms with van der Waals surface area (Å²) in [7, 11) is 0. The predicted octanol–water partition coefficient (Wildman–Crippen LogP) is 3.15. The Bertz CT molecular complexity index is 658. The van der Waals surface area contributed by atoms with E-state index < -0.39 is 0 Å². The minimum Gasteiger partial charge on any atom is -0.493 e. The lowest BCUT2D eigenvalue weighted by molar-refractivity contribution is 0.330. The monoisotopic (exact) mass is 301 g/mol. The normalized spacial score (nSPS) is 15.5. The van der Waals surface area contributed by atoms with Gasteiger partial charge in [0.2, 0.25) is 5.89 Å². The highest BCUT2D eigenvalue weighted by Gasteiger charge is 2.23. The second kappa shape index (κ2) is 5.72. The lowest BCUT2D eigenvalue weighted by atomic mass is 9.96. The first-order chi connectivity index (χ1) is 10.4. The van der Waals surface area contributed by atoms with Gasteiger partial charge in [-0.05, 0) is 24.1 Å². The van der Waals surface area contributed by atoms with Crippen molar-refractivity contribution in [2.24, 2.45) is 0 Å². The first-order valence-corrected chi connectivity index (χ1v) is 7.75. The Hall–Kier alpha value is -1.88. The average Bonchev–Trinajstić information content (AvgIpc) is 3.12. The summed E-state index contributed by atoms with van der Waals surface area (Å²) in [5.74, 6) is 2.39. The summed E-state index contributed by atoms with van der Waals surface area (Å²) in [5.41, 5.74) is 2.44. The van der Waals surface area contributed by atoms with Crippen molar-refractivity contribution >= 4 is 0 Å². The van der Waals surface area contributed by atoms with Crippen LogP contribution >= 0.6 is 0 Å². The van der Waals surface area contributed by atoms with Crippen LogP contribution in [-0.4, -0.2) is 16.7 Å². The molecule has 1 aliphatic heterocycles. The highest BCUT2D eigenvalue weighted by Crippen LogP contribution is 2.26. The van der Waals surface area contributed by atoms with E-state index in [9.17, 15) is 0 Å². The van der Waals surface area contributed by atoms with Gasteiger partial charge in [0.05, 0.1) is 12.6 Å². The zero-order valence-corrected chi connectivity index (χ0v) is 13.6. The molecule has 0 spiro atoms. The first-order valence-electron chi connectivity index (χ1n) is 7.75. The van der Waals surface area contributed by atoms with Crippen molar-refractivity contribution in [3.05, 3.63) is 41.0 Å². The second-order valence-corrected chi connectivity index (χ2v) is 6.85. The number of hydrogen-bond donors (Lipinski definition) is 1. The first kappa shape index (κ1) is 15.0. The van der Waals surface area contributed by atoms with Crippen LogP contribution in [0, 0.1) is 0 Å². The van der Waals surface area contributed by atoms with Crippen molar-refractivity contribution in [1.29, 1.82) is 0 Å². The van der Waals surface area contributed by atoms with E-state index in [0.29, 0.717) is 5.89 Å². The van der Waals surface area contributed by atoms with Crippen LogP contribution in [-0.2, 0) is 18.4 Å². The topological polar surface area (TPSA) is 60.2 Å². The molecule has 5 heteroatoms. The average molecular weight is 301 g/mol. The van der Waals surface area contributed by atoms with Gasteiger partial charge in [0, 0.05) is 18.4 Å². The Morgan fingerprint density at radius 2 is 2.14 bits per heavy atom. The Kier molecular flexibility index (Phi) is 3.91. The summed E-state index contributed by atoms with van der Waals surface area (Å²) in [6.07, 6.45) is 0.997. The van der Waals surface area contributed by atoms with Gasteiger partial charge in [-0.25, -0.2) is 0 Å². The van der Waals surface area contributed by atoms with E-state index in [0.717, 1.165) is 31.1 Å². The third-order valence-corrected chi connectivity index (χ3v) is 3.85. The van der Waals surface area contributed by atoms with E-state index in [1.807, 2.05) is 6.92 Å². The molecule has 1 aliphatic rings. The highest BCUT2D eigenvalue weighted by molar-refractivity contribution is 5.39. The van der Waals surface area contributed by atoms with Gasteiger partial charge < -0.3 is 14.6 Å². The van der Waals surface area contributed by atoms with Crippen LogP contribution < -0.4 is 10.1 Å². The fourth-order valence-corrected chi connectivity index (χ4v) is 2.42. The van der Waals surface area contributed by atoms with Gasteiger partial charge in [-0.3, -0.25) is 0 Å². The van der Waals surface area contributed by atoms with Gasteiger partial charge in [0.15, 0.2) is 5.82 Å². The fraction of sp³-hybridized carbons (Fsp3) is 0.529. The molecule has 2 heterocycles. The van der Waals surface area contributed by atoms with E-state index in [1.165, 1.54) is 11.1 Å². The number of benzene rings is 1. The quantitative estimate of drug-likeness (QED) is 0.940. The Labute approximate surface area is 131 Å². The molecule has 0 saturated heterocycles. The Morgan fingerprint density at radius 1 is 1.32 bits per heavy atom. The summed E-state index contributed by atoms with van der Waals surface area (Å²) < 4.78 is 10.9. The Balaban J connectivity index is 1.62. The van der Waals surface area contributed by atoms with Crippen LogP contribution in [0.2, 0.25) is 0 Å². The Morgan fingerprint density at radius 3 is 2.86 bits per heavy atom. The van der Waals surface area contributed by atoms with Crippen molar-refractivity contribution in [2.45, 2.75) is 52.1 Å². The number of ether oxygens (including phenoxy) is 1. The molecule has 1 aromatic carbocycles. The maximum absolute atomic E-state index is 5.53. The van der Waals surface area contributed by atoms with Crippen molar-refractivity contribution in [3.8, 4) is 5.75 Å². The zero-order chi connectivity index (χ0) is 15.7. The van der Waals surface area contributed by atoms with Crippen LogP contribution in [0.15, 0.2) is 22.7 Å². The summed E-state index contributed by atoms with van der Waals surface area (Å²) in [4.78, 5) is 4.49. The van der Waals surface area contributed by atoms with Gasteiger partial charge in [-0.2, -0.15) is 4.98 Å². The molecule has 3 rings (SSSR count). The SMILES string of the molecule is CC(NCc1ccc2c(c1)CCO2)c1nc(C(C)(C)C)no1. The minimum absolute atomic E-state index is 0.0214. The zero-order valence-electron chi connectivity index (χ0n) is 13.6. The largest absolute Gasteiger partial charge is 0.493 e. The van der Waals surface area contributed by atoms with Crippen molar-refractivity contribution in [3.63, 3.8) is 0 Å². The number of aromatic nitrogens is 2. The van der Waals surface area contributed by atoms with Gasteiger partial charge >= 0.3 is 0 Å². The standard InChI is InChI=1S/C17H23N3O2/c1-11(15-19-16(20-22-15)17(2,3)4)18-10-12-5-6-14-13(9-12)7-8-21-14/h5-6,9,11,18H,7-8,10H2,1-4H3. The van der Waals surface area contributed by atoms with Gasteiger partial charge in [-0.1, -0.05) is 38.1 Å². The molecular weight excluding hydrogens is 278 g/mol. The third kappa shape index (κ3) is 3.14. The van der Waals surface area contributed by atoms with Gasteiger partial charge in [0.1, 0.15) is 5.75 Å². The van der Waals surface area contributed by atoms with Crippen molar-refractivity contribution in [2.75, 3.05) is 6.61 Å². The third-order valence-electron chi connectivity index (χ3n) is 3.85. The van der Waals surface area contributed by atoms with Crippen LogP contribution in [0.25, 0.3) is 0 Å². The minimum atomic E-state index is -0.0958. The molecule has 0 saturated carbocycles. The van der Waals surface area contributed by atoms with Crippen molar-refractivity contribution < 1.29 is 9.26 Å². The lowest BCUT2D eigenvalue weighted by Gasteiger charge is -2.12. The fourth-order valence-electron chi connectivity index (χ4n) is 2.42. The molecule has 22 heavy (non-hydrogen) atoms. The molecule has 0 aliphatic carbocycles. The molecule has 0 amide bonds. The van der Waals surface area contributed by atoms with Crippen LogP contribution in [0.5, 0.6) is 5.75 Å². The van der Waals surface area contributed by atoms with E-state index in [-0.39, 0.29) is 11.5 Å². The van der Waals surface area contributed by atoms with Gasteiger partial charge in [0.25, 0.3) is 0 Å². The van der Waals surface area contributed by atoms with E-state index in [4.69, 9.17) is 9.26 Å². The van der Waals surface area contributed by atoms with Crippen LogP contribution in [0.4, 0.5) is 0 Å². The molecule has 0 bridgehead atoms. The van der Waals surface area contributed by atoms with E-state index in [1.54, 1.807) is 0 Å². The molecule has 1 aromatic heterocycles. The summed E-state index contributed by atoms with van der Waals surface area (Å²) in [6, 6.07) is 6.37. The molecular formula is C17H23N3O2. The molecule has 2 aromatic rings. The molecule has 1 unspecified atom stereocenters. The number of fused-ring (bicyclic) bond motifs is 1. The number of nitrogens with one attached hydrogen (secondary N) is 1. The van der Waals surface area contributed by atoms with Crippen LogP contribution in [0.1, 0.15) is 56.6 Å². The van der Waals surface area contributed by atoms with Crippen LogP contribution in [0.3, 0.4) is 0 Å². The molecule has 0 radical (unpaired) electrons. The summed E-state index contributed by atoms with van der Waals surface area (Å²) in [6.45, 7) is 9.82. The molecule has 1 atom stereocenters. The molecule has 118 valence electrons. The molecule has 0 fully saturated rings. The van der Waals surface area contributed by atoms with Gasteiger partial charge in [-0.15, -0.1) is 0 Å². The second-order valence-electron chi connectivity index (χ2n) is 6.85. The number of hydrogen-bond acceptors (Lipinski definition) is 5. The summed E-state index contributed by atoms with van der Waals surface area (Å²) >= 11 is 0. The number of rotatable bonds is 4. The van der Waals surface area contributed by atoms with Crippen molar-refractivity contribution in [1.82, 2.24) is 15.5 Å². The highest BCUT2D eigenvalue weighted by atomic mass is 16.5. The molecule has 5 nitrogen and oxygen atoms in total. The predicted molar refractivity (Wildman–Crippen MR) is 83.9 cm³/mol. The lowest BCUT2D eigenvalue weighted by Crippen LogP contribution is -2.19. The summed E-state index contributed by atoms with van der Waals surface area (Å²) in [5, 5.41) is 7.50. The van der Waals surface area contributed by atoms with E-state index in [2.05, 4.69) is 54.4 Å². The van der Waals surface area contributed by atoms with E-state index >= 15 is 0 Å². The maximum atomic E-state index is 5.53. The smallest absolute Gasteiger partial charge is 0.243 e. The maximum Gasteiger partial charge on any atom is 0.243 e. The molecule has 1 N–H and O–H groups in total.